The Kier molecular flexibility index (Phi) is 5.57. The third-order valence-corrected chi connectivity index (χ3v) is 4.72. The number of halogens is 1. The molecule has 1 atom stereocenters. The van der Waals surface area contributed by atoms with Crippen molar-refractivity contribution in [3.8, 4) is 6.07 Å². The van der Waals surface area contributed by atoms with E-state index in [0.29, 0.717) is 22.1 Å². The Balaban J connectivity index is 1.81. The summed E-state index contributed by atoms with van der Waals surface area (Å²) in [7, 11) is 0. The lowest BCUT2D eigenvalue weighted by Gasteiger charge is -2.13. The second-order valence-corrected chi connectivity index (χ2v) is 6.72. The van der Waals surface area contributed by atoms with E-state index in [1.165, 1.54) is 11.1 Å². The highest BCUT2D eigenvalue weighted by Gasteiger charge is 2.33. The van der Waals surface area contributed by atoms with Gasteiger partial charge >= 0.3 is 0 Å². The summed E-state index contributed by atoms with van der Waals surface area (Å²) >= 11 is 6.06. The minimum absolute atomic E-state index is 0.167. The molecule has 3 rings (SSSR count). The number of rotatable bonds is 4. The van der Waals surface area contributed by atoms with Gasteiger partial charge in [0.05, 0.1) is 17.3 Å². The van der Waals surface area contributed by atoms with E-state index in [1.807, 2.05) is 19.1 Å². The number of nitriles is 1. The molecule has 0 fully saturated rings. The molecule has 7 heteroatoms. The van der Waals surface area contributed by atoms with Crippen molar-refractivity contribution in [2.45, 2.75) is 13.8 Å². The van der Waals surface area contributed by atoms with E-state index in [1.54, 1.807) is 49.4 Å². The van der Waals surface area contributed by atoms with Crippen molar-refractivity contribution >= 4 is 40.5 Å². The highest BCUT2D eigenvalue weighted by Crippen LogP contribution is 2.25. The Morgan fingerprint density at radius 2 is 1.96 bits per heavy atom. The third-order valence-electron chi connectivity index (χ3n) is 4.31. The van der Waals surface area contributed by atoms with E-state index in [0.717, 1.165) is 5.56 Å². The summed E-state index contributed by atoms with van der Waals surface area (Å²) in [6.45, 7) is 3.54. The van der Waals surface area contributed by atoms with Gasteiger partial charge in [-0.2, -0.15) is 15.4 Å². The summed E-state index contributed by atoms with van der Waals surface area (Å²) in [5.74, 6) is -1.70. The average molecular weight is 393 g/mol. The minimum Gasteiger partial charge on any atom is -0.321 e. The van der Waals surface area contributed by atoms with E-state index in [9.17, 15) is 14.9 Å². The van der Waals surface area contributed by atoms with Gasteiger partial charge in [0.25, 0.3) is 11.8 Å². The molecule has 140 valence electrons. The van der Waals surface area contributed by atoms with Crippen molar-refractivity contribution < 1.29 is 9.59 Å². The van der Waals surface area contributed by atoms with Crippen molar-refractivity contribution in [3.05, 3.63) is 70.8 Å². The zero-order valence-corrected chi connectivity index (χ0v) is 16.1. The zero-order chi connectivity index (χ0) is 20.3. The molecule has 0 radical (unpaired) electrons. The van der Waals surface area contributed by atoms with Gasteiger partial charge in [0.1, 0.15) is 11.6 Å². The molecule has 2 aromatic rings. The summed E-state index contributed by atoms with van der Waals surface area (Å²) in [5, 5.41) is 18.1. The summed E-state index contributed by atoms with van der Waals surface area (Å²) in [6.07, 6.45) is 1.34. The van der Waals surface area contributed by atoms with Gasteiger partial charge < -0.3 is 5.32 Å². The number of aryl methyl sites for hydroxylation is 1. The zero-order valence-electron chi connectivity index (χ0n) is 15.3. The topological polar surface area (TPSA) is 85.6 Å². The second-order valence-electron chi connectivity index (χ2n) is 6.31. The van der Waals surface area contributed by atoms with Crippen LogP contribution in [0.5, 0.6) is 0 Å². The summed E-state index contributed by atoms with van der Waals surface area (Å²) < 4.78 is 0. The maximum absolute atomic E-state index is 12.7. The highest BCUT2D eigenvalue weighted by atomic mass is 35.5. The first-order valence-electron chi connectivity index (χ1n) is 8.54. The number of hydrogen-bond acceptors (Lipinski definition) is 4. The van der Waals surface area contributed by atoms with Crippen molar-refractivity contribution in [1.82, 2.24) is 0 Å². The molecule has 0 aliphatic carbocycles. The molecule has 1 aliphatic heterocycles. The number of anilines is 2. The molecule has 1 heterocycles. The fraction of sp³-hybridized carbons (Fsp3) is 0.143. The quantitative estimate of drug-likeness (QED) is 0.628. The molecular weight excluding hydrogens is 376 g/mol. The van der Waals surface area contributed by atoms with Gasteiger partial charge in [0, 0.05) is 10.7 Å². The highest BCUT2D eigenvalue weighted by molar-refractivity contribution is 6.31. The number of para-hydroxylation sites is 1. The molecular formula is C21H17ClN4O2. The number of hydrazone groups is 1. The van der Waals surface area contributed by atoms with Crippen LogP contribution in [0.1, 0.15) is 12.5 Å². The lowest BCUT2D eigenvalue weighted by molar-refractivity contribution is -0.118. The molecule has 28 heavy (non-hydrogen) atoms. The van der Waals surface area contributed by atoms with Crippen LogP contribution in [0.3, 0.4) is 0 Å². The molecule has 0 bridgehead atoms. The van der Waals surface area contributed by atoms with Crippen LogP contribution in [-0.4, -0.2) is 17.5 Å². The SMILES string of the molecule is CC1=NN(c2ccccc2)C(=O)[C@H]1/C=C(\C#N)C(=O)Nc1ccc(C)c(Cl)c1. The predicted molar refractivity (Wildman–Crippen MR) is 109 cm³/mol. The monoisotopic (exact) mass is 392 g/mol. The lowest BCUT2D eigenvalue weighted by Crippen LogP contribution is -2.27. The first kappa shape index (κ1) is 19.3. The molecule has 2 amide bonds. The number of carbonyl (C=O) groups is 2. The molecule has 6 nitrogen and oxygen atoms in total. The molecule has 0 unspecified atom stereocenters. The Morgan fingerprint density at radius 3 is 2.61 bits per heavy atom. The van der Waals surface area contributed by atoms with Crippen LogP contribution < -0.4 is 10.3 Å². The van der Waals surface area contributed by atoms with E-state index in [-0.39, 0.29) is 11.5 Å². The van der Waals surface area contributed by atoms with Crippen LogP contribution in [0.25, 0.3) is 0 Å². The minimum atomic E-state index is -0.776. The summed E-state index contributed by atoms with van der Waals surface area (Å²) in [4.78, 5) is 25.2. The fourth-order valence-corrected chi connectivity index (χ4v) is 2.91. The van der Waals surface area contributed by atoms with Crippen LogP contribution in [0.4, 0.5) is 11.4 Å². The van der Waals surface area contributed by atoms with E-state index < -0.39 is 11.8 Å². The number of nitrogens with zero attached hydrogens (tertiary/aromatic N) is 3. The number of benzene rings is 2. The predicted octanol–water partition coefficient (Wildman–Crippen LogP) is 4.08. The van der Waals surface area contributed by atoms with Crippen molar-refractivity contribution in [3.63, 3.8) is 0 Å². The van der Waals surface area contributed by atoms with Crippen molar-refractivity contribution in [2.24, 2.45) is 11.0 Å². The molecule has 2 aromatic carbocycles. The Bertz CT molecular complexity index is 1040. The Morgan fingerprint density at radius 1 is 1.25 bits per heavy atom. The first-order valence-corrected chi connectivity index (χ1v) is 8.92. The molecule has 0 saturated carbocycles. The molecule has 1 N–H and O–H groups in total. The van der Waals surface area contributed by atoms with Crippen LogP contribution in [-0.2, 0) is 9.59 Å². The van der Waals surface area contributed by atoms with E-state index in [4.69, 9.17) is 11.6 Å². The lowest BCUT2D eigenvalue weighted by atomic mass is 10.0. The van der Waals surface area contributed by atoms with Gasteiger partial charge in [-0.1, -0.05) is 35.9 Å². The van der Waals surface area contributed by atoms with Gasteiger partial charge in [-0.3, -0.25) is 9.59 Å². The number of amides is 2. The fourth-order valence-electron chi connectivity index (χ4n) is 2.73. The molecule has 0 aromatic heterocycles. The van der Waals surface area contributed by atoms with Crippen LogP contribution in [0, 0.1) is 24.2 Å². The number of hydrogen-bond donors (Lipinski definition) is 1. The van der Waals surface area contributed by atoms with Crippen molar-refractivity contribution in [1.29, 1.82) is 5.26 Å². The standard InChI is InChI=1S/C21H17ClN4O2/c1-13-8-9-16(11-19(13)22)24-20(27)15(12-23)10-18-14(2)25-26(21(18)28)17-6-4-3-5-7-17/h3-11,18H,1-2H3,(H,24,27)/b15-10+/t18-/m0/s1. The third kappa shape index (κ3) is 3.95. The molecule has 1 aliphatic rings. The maximum atomic E-state index is 12.7. The van der Waals surface area contributed by atoms with Crippen LogP contribution >= 0.6 is 11.6 Å². The van der Waals surface area contributed by atoms with E-state index in [2.05, 4.69) is 10.4 Å². The normalized spacial score (nSPS) is 16.6. The van der Waals surface area contributed by atoms with E-state index >= 15 is 0 Å². The molecule has 0 spiro atoms. The van der Waals surface area contributed by atoms with Crippen LogP contribution in [0.2, 0.25) is 5.02 Å². The van der Waals surface area contributed by atoms with Gasteiger partial charge in [-0.05, 0) is 49.8 Å². The summed E-state index contributed by atoms with van der Waals surface area (Å²) in [5.41, 5.74) is 2.31. The smallest absolute Gasteiger partial charge is 0.266 e. The summed E-state index contributed by atoms with van der Waals surface area (Å²) in [6, 6.07) is 15.9. The maximum Gasteiger partial charge on any atom is 0.266 e. The van der Waals surface area contributed by atoms with Gasteiger partial charge in [0.15, 0.2) is 0 Å². The van der Waals surface area contributed by atoms with Gasteiger partial charge in [0.2, 0.25) is 0 Å². The average Bonchev–Trinajstić information content (AvgIpc) is 2.97. The van der Waals surface area contributed by atoms with Crippen molar-refractivity contribution in [2.75, 3.05) is 10.3 Å². The number of carbonyl (C=O) groups excluding carboxylic acids is 2. The first-order chi connectivity index (χ1) is 13.4. The van der Waals surface area contributed by atoms with Crippen LogP contribution in [0.15, 0.2) is 65.3 Å². The Hall–Kier alpha value is -3.43. The molecule has 0 saturated heterocycles. The Labute approximate surface area is 167 Å². The number of nitrogens with one attached hydrogen (secondary N) is 1. The second kappa shape index (κ2) is 8.07. The largest absolute Gasteiger partial charge is 0.321 e. The van der Waals surface area contributed by atoms with Gasteiger partial charge in [-0.15, -0.1) is 0 Å². The van der Waals surface area contributed by atoms with Gasteiger partial charge in [-0.25, -0.2) is 0 Å².